The van der Waals surface area contributed by atoms with Crippen molar-refractivity contribution in [3.05, 3.63) is 11.6 Å². The third-order valence-electron chi connectivity index (χ3n) is 3.37. The van der Waals surface area contributed by atoms with E-state index in [1.807, 2.05) is 11.7 Å². The van der Waals surface area contributed by atoms with E-state index in [0.29, 0.717) is 5.92 Å². The third-order valence-corrected chi connectivity index (χ3v) is 3.37. The van der Waals surface area contributed by atoms with E-state index in [1.165, 1.54) is 25.7 Å². The highest BCUT2D eigenvalue weighted by molar-refractivity contribution is 5.01. The van der Waals surface area contributed by atoms with E-state index in [4.69, 9.17) is 0 Å². The molecule has 1 aliphatic rings. The van der Waals surface area contributed by atoms with Gasteiger partial charge in [0.2, 0.25) is 0 Å². The summed E-state index contributed by atoms with van der Waals surface area (Å²) in [6.45, 7) is 4.14. The molecule has 0 spiro atoms. The maximum Gasteiger partial charge on any atom is 0.154 e. The summed E-state index contributed by atoms with van der Waals surface area (Å²) in [5.41, 5.74) is 0. The number of hydrogen-bond acceptors (Lipinski definition) is 3. The molecule has 1 heterocycles. The number of aryl methyl sites for hydroxylation is 1. The average Bonchev–Trinajstić information content (AvgIpc) is 2.88. The standard InChI is InChI=1S/C12H22N4/c1-3-13-9-8-11-14-12(15-16(11)2)10-6-4-5-7-10/h10,13H,3-9H2,1-2H3. The molecule has 4 heteroatoms. The van der Waals surface area contributed by atoms with Gasteiger partial charge in [-0.1, -0.05) is 19.8 Å². The van der Waals surface area contributed by atoms with Crippen LogP contribution in [0.5, 0.6) is 0 Å². The van der Waals surface area contributed by atoms with Crippen LogP contribution >= 0.6 is 0 Å². The van der Waals surface area contributed by atoms with Gasteiger partial charge in [-0.3, -0.25) is 4.68 Å². The maximum absolute atomic E-state index is 4.68. The normalized spacial score (nSPS) is 17.1. The molecular formula is C12H22N4. The first-order valence-electron chi connectivity index (χ1n) is 6.41. The Morgan fingerprint density at radius 2 is 2.12 bits per heavy atom. The molecule has 4 nitrogen and oxygen atoms in total. The van der Waals surface area contributed by atoms with Crippen molar-refractivity contribution in [3.8, 4) is 0 Å². The maximum atomic E-state index is 4.68. The van der Waals surface area contributed by atoms with Gasteiger partial charge in [-0.25, -0.2) is 4.98 Å². The van der Waals surface area contributed by atoms with Crippen LogP contribution in [0.15, 0.2) is 0 Å². The van der Waals surface area contributed by atoms with Crippen molar-refractivity contribution in [3.63, 3.8) is 0 Å². The zero-order valence-corrected chi connectivity index (χ0v) is 10.4. The fourth-order valence-corrected chi connectivity index (χ4v) is 2.39. The minimum atomic E-state index is 0.624. The average molecular weight is 222 g/mol. The fraction of sp³-hybridized carbons (Fsp3) is 0.833. The predicted octanol–water partition coefficient (Wildman–Crippen LogP) is 1.62. The van der Waals surface area contributed by atoms with E-state index in [0.717, 1.165) is 31.2 Å². The van der Waals surface area contributed by atoms with E-state index in [1.54, 1.807) is 0 Å². The molecule has 1 aliphatic carbocycles. The van der Waals surface area contributed by atoms with Crippen molar-refractivity contribution >= 4 is 0 Å². The molecule has 1 fully saturated rings. The summed E-state index contributed by atoms with van der Waals surface area (Å²) < 4.78 is 1.95. The molecule has 1 aromatic rings. The predicted molar refractivity (Wildman–Crippen MR) is 64.5 cm³/mol. The molecule has 0 atom stereocenters. The van der Waals surface area contributed by atoms with Crippen LogP contribution in [-0.4, -0.2) is 27.9 Å². The second-order valence-corrected chi connectivity index (χ2v) is 4.59. The summed E-state index contributed by atoms with van der Waals surface area (Å²) >= 11 is 0. The summed E-state index contributed by atoms with van der Waals surface area (Å²) in [5.74, 6) is 2.81. The Bertz CT molecular complexity index is 326. The Morgan fingerprint density at radius 1 is 1.38 bits per heavy atom. The van der Waals surface area contributed by atoms with Gasteiger partial charge >= 0.3 is 0 Å². The monoisotopic (exact) mass is 222 g/mol. The lowest BCUT2D eigenvalue weighted by Gasteiger charge is -2.01. The molecule has 0 aromatic carbocycles. The van der Waals surface area contributed by atoms with Crippen molar-refractivity contribution in [2.75, 3.05) is 13.1 Å². The molecule has 0 unspecified atom stereocenters. The lowest BCUT2D eigenvalue weighted by molar-refractivity contribution is 0.632. The largest absolute Gasteiger partial charge is 0.317 e. The minimum absolute atomic E-state index is 0.624. The summed E-state index contributed by atoms with van der Waals surface area (Å²) in [6.07, 6.45) is 6.21. The summed E-state index contributed by atoms with van der Waals surface area (Å²) in [7, 11) is 2.01. The Hall–Kier alpha value is -0.900. The van der Waals surface area contributed by atoms with Gasteiger partial charge in [0, 0.05) is 25.9 Å². The Labute approximate surface area is 97.5 Å². The lowest BCUT2D eigenvalue weighted by Crippen LogP contribution is -2.17. The van der Waals surface area contributed by atoms with Crippen molar-refractivity contribution in [1.29, 1.82) is 0 Å². The highest BCUT2D eigenvalue weighted by Gasteiger charge is 2.21. The van der Waals surface area contributed by atoms with Crippen LogP contribution in [0, 0.1) is 0 Å². The van der Waals surface area contributed by atoms with Crippen LogP contribution in [0.3, 0.4) is 0 Å². The summed E-state index contributed by atoms with van der Waals surface area (Å²) in [5, 5.41) is 7.87. The van der Waals surface area contributed by atoms with Gasteiger partial charge < -0.3 is 5.32 Å². The first kappa shape index (κ1) is 11.6. The summed E-state index contributed by atoms with van der Waals surface area (Å²) in [4.78, 5) is 4.68. The Balaban J connectivity index is 1.97. The van der Waals surface area contributed by atoms with E-state index in [-0.39, 0.29) is 0 Å². The van der Waals surface area contributed by atoms with Gasteiger partial charge in [-0.15, -0.1) is 0 Å². The number of likely N-dealkylation sites (N-methyl/N-ethyl adjacent to an activating group) is 1. The van der Waals surface area contributed by atoms with Crippen LogP contribution in [-0.2, 0) is 13.5 Å². The molecule has 1 N–H and O–H groups in total. The van der Waals surface area contributed by atoms with E-state index >= 15 is 0 Å². The Morgan fingerprint density at radius 3 is 2.81 bits per heavy atom. The number of rotatable bonds is 5. The second kappa shape index (κ2) is 5.43. The molecule has 0 radical (unpaired) electrons. The first-order chi connectivity index (χ1) is 7.81. The van der Waals surface area contributed by atoms with Gasteiger partial charge in [0.1, 0.15) is 5.82 Å². The van der Waals surface area contributed by atoms with Crippen molar-refractivity contribution in [2.45, 2.75) is 44.9 Å². The van der Waals surface area contributed by atoms with Crippen LogP contribution in [0.4, 0.5) is 0 Å². The first-order valence-corrected chi connectivity index (χ1v) is 6.41. The molecule has 0 amide bonds. The van der Waals surface area contributed by atoms with Crippen LogP contribution in [0.2, 0.25) is 0 Å². The minimum Gasteiger partial charge on any atom is -0.317 e. The second-order valence-electron chi connectivity index (χ2n) is 4.59. The van der Waals surface area contributed by atoms with Crippen LogP contribution in [0.1, 0.15) is 50.2 Å². The smallest absolute Gasteiger partial charge is 0.154 e. The molecular weight excluding hydrogens is 200 g/mol. The van der Waals surface area contributed by atoms with Crippen LogP contribution in [0.25, 0.3) is 0 Å². The van der Waals surface area contributed by atoms with E-state index < -0.39 is 0 Å². The molecule has 1 aromatic heterocycles. The molecule has 0 aliphatic heterocycles. The number of nitrogens with one attached hydrogen (secondary N) is 1. The van der Waals surface area contributed by atoms with E-state index in [9.17, 15) is 0 Å². The van der Waals surface area contributed by atoms with Crippen molar-refractivity contribution < 1.29 is 0 Å². The molecule has 2 rings (SSSR count). The Kier molecular flexibility index (Phi) is 3.93. The van der Waals surface area contributed by atoms with Crippen molar-refractivity contribution in [1.82, 2.24) is 20.1 Å². The van der Waals surface area contributed by atoms with Gasteiger partial charge in [0.25, 0.3) is 0 Å². The molecule has 90 valence electrons. The van der Waals surface area contributed by atoms with Crippen molar-refractivity contribution in [2.24, 2.45) is 7.05 Å². The highest BCUT2D eigenvalue weighted by atomic mass is 15.3. The lowest BCUT2D eigenvalue weighted by atomic mass is 10.1. The number of hydrogen-bond donors (Lipinski definition) is 1. The zero-order valence-electron chi connectivity index (χ0n) is 10.4. The number of aromatic nitrogens is 3. The van der Waals surface area contributed by atoms with Gasteiger partial charge in [0.05, 0.1) is 0 Å². The third kappa shape index (κ3) is 2.61. The molecule has 0 saturated heterocycles. The SMILES string of the molecule is CCNCCc1nc(C2CCCC2)nn1C. The van der Waals surface area contributed by atoms with Crippen LogP contribution < -0.4 is 5.32 Å². The number of nitrogens with zero attached hydrogens (tertiary/aromatic N) is 3. The van der Waals surface area contributed by atoms with Gasteiger partial charge in [-0.2, -0.15) is 5.10 Å². The van der Waals surface area contributed by atoms with E-state index in [2.05, 4.69) is 22.3 Å². The highest BCUT2D eigenvalue weighted by Crippen LogP contribution is 2.32. The fourth-order valence-electron chi connectivity index (χ4n) is 2.39. The quantitative estimate of drug-likeness (QED) is 0.770. The molecule has 1 saturated carbocycles. The van der Waals surface area contributed by atoms with Gasteiger partial charge in [-0.05, 0) is 19.4 Å². The van der Waals surface area contributed by atoms with Gasteiger partial charge in [0.15, 0.2) is 5.82 Å². The molecule has 16 heavy (non-hydrogen) atoms. The zero-order chi connectivity index (χ0) is 11.4. The summed E-state index contributed by atoms with van der Waals surface area (Å²) in [6, 6.07) is 0. The topological polar surface area (TPSA) is 42.7 Å². The molecule has 0 bridgehead atoms.